The summed E-state index contributed by atoms with van der Waals surface area (Å²) in [5, 5.41) is 3.37. The van der Waals surface area contributed by atoms with Crippen LogP contribution in [0.15, 0.2) is 73.2 Å². The molecule has 2 aromatic heterocycles. The molecule has 118 valence electrons. The number of methoxy groups -OCH3 is 1. The Morgan fingerprint density at radius 3 is 2.67 bits per heavy atom. The van der Waals surface area contributed by atoms with Crippen LogP contribution in [0, 0.1) is 0 Å². The van der Waals surface area contributed by atoms with Crippen molar-refractivity contribution in [3.05, 3.63) is 73.2 Å². The summed E-state index contributed by atoms with van der Waals surface area (Å²) in [6.07, 6.45) is 5.66. The number of ether oxygens (including phenoxy) is 1. The van der Waals surface area contributed by atoms with Crippen LogP contribution in [0.25, 0.3) is 17.0 Å². The summed E-state index contributed by atoms with van der Waals surface area (Å²) in [6.45, 7) is 0. The summed E-state index contributed by atoms with van der Waals surface area (Å²) in [6, 6.07) is 17.9. The summed E-state index contributed by atoms with van der Waals surface area (Å²) >= 11 is 0. The van der Waals surface area contributed by atoms with E-state index in [4.69, 9.17) is 4.74 Å². The molecule has 0 bridgehead atoms. The van der Waals surface area contributed by atoms with Crippen LogP contribution in [0.3, 0.4) is 0 Å². The largest absolute Gasteiger partial charge is 0.497 e. The maximum Gasteiger partial charge on any atom is 0.234 e. The molecule has 24 heavy (non-hydrogen) atoms. The van der Waals surface area contributed by atoms with E-state index in [1.165, 1.54) is 0 Å². The Morgan fingerprint density at radius 1 is 1.00 bits per heavy atom. The molecule has 0 amide bonds. The Morgan fingerprint density at radius 2 is 1.88 bits per heavy atom. The Labute approximate surface area is 139 Å². The number of nitrogens with zero attached hydrogens (tertiary/aromatic N) is 3. The van der Waals surface area contributed by atoms with Crippen LogP contribution >= 0.6 is 0 Å². The topological polar surface area (TPSA) is 51.5 Å². The first-order chi connectivity index (χ1) is 11.8. The molecule has 0 unspecified atom stereocenters. The Hall–Kier alpha value is -3.34. The number of imidazole rings is 1. The van der Waals surface area contributed by atoms with Gasteiger partial charge in [0.15, 0.2) is 0 Å². The zero-order chi connectivity index (χ0) is 16.4. The fourth-order valence-electron chi connectivity index (χ4n) is 2.56. The second kappa shape index (κ2) is 6.04. The van der Waals surface area contributed by atoms with E-state index in [2.05, 4.69) is 15.3 Å². The van der Waals surface area contributed by atoms with Gasteiger partial charge in [0.1, 0.15) is 5.75 Å². The van der Waals surface area contributed by atoms with Gasteiger partial charge in [0.05, 0.1) is 12.8 Å². The van der Waals surface area contributed by atoms with E-state index in [-0.39, 0.29) is 0 Å². The van der Waals surface area contributed by atoms with Crippen molar-refractivity contribution in [1.82, 2.24) is 14.4 Å². The molecule has 0 aliphatic carbocycles. The number of aromatic nitrogens is 3. The van der Waals surface area contributed by atoms with Gasteiger partial charge in [-0.05, 0) is 30.3 Å². The van der Waals surface area contributed by atoms with Crippen molar-refractivity contribution in [3.8, 4) is 17.0 Å². The van der Waals surface area contributed by atoms with Crippen LogP contribution in [-0.2, 0) is 0 Å². The average molecular weight is 316 g/mol. The fraction of sp³-hybridized carbons (Fsp3) is 0.0526. The first-order valence-corrected chi connectivity index (χ1v) is 7.63. The lowest BCUT2D eigenvalue weighted by Gasteiger charge is -2.08. The van der Waals surface area contributed by atoms with E-state index in [9.17, 15) is 0 Å². The third-order valence-corrected chi connectivity index (χ3v) is 3.77. The number of anilines is 2. The number of benzene rings is 2. The number of hydrogen-bond acceptors (Lipinski definition) is 4. The van der Waals surface area contributed by atoms with Crippen LogP contribution < -0.4 is 10.1 Å². The zero-order valence-electron chi connectivity index (χ0n) is 13.2. The number of fused-ring (bicyclic) bond motifs is 1. The summed E-state index contributed by atoms with van der Waals surface area (Å²) < 4.78 is 7.16. The zero-order valence-corrected chi connectivity index (χ0v) is 13.2. The van der Waals surface area contributed by atoms with Crippen molar-refractivity contribution in [2.45, 2.75) is 0 Å². The normalized spacial score (nSPS) is 10.7. The minimum Gasteiger partial charge on any atom is -0.497 e. The van der Waals surface area contributed by atoms with Gasteiger partial charge < -0.3 is 10.1 Å². The molecular formula is C19H16N4O. The standard InChI is InChI=1S/C19H16N4O/c1-24-17-5-2-4-16(12-17)21-15-8-6-14(7-9-15)18-13-23-11-3-10-20-19(23)22-18/h2-13,21H,1H3. The second-order valence-electron chi connectivity index (χ2n) is 5.39. The highest BCUT2D eigenvalue weighted by molar-refractivity contribution is 5.67. The number of rotatable bonds is 4. The van der Waals surface area contributed by atoms with Gasteiger partial charge in [-0.2, -0.15) is 0 Å². The predicted octanol–water partition coefficient (Wildman–Crippen LogP) is 4.15. The SMILES string of the molecule is COc1cccc(Nc2ccc(-c3cn4cccnc4n3)cc2)c1. The van der Waals surface area contributed by atoms with Gasteiger partial charge in [0.25, 0.3) is 0 Å². The summed E-state index contributed by atoms with van der Waals surface area (Å²) in [5.41, 5.74) is 3.95. The van der Waals surface area contributed by atoms with Crippen molar-refractivity contribution in [2.24, 2.45) is 0 Å². The Bertz CT molecular complexity index is 943. The second-order valence-corrected chi connectivity index (χ2v) is 5.39. The van der Waals surface area contributed by atoms with E-state index < -0.39 is 0 Å². The van der Waals surface area contributed by atoms with E-state index in [1.807, 2.05) is 71.4 Å². The van der Waals surface area contributed by atoms with E-state index >= 15 is 0 Å². The lowest BCUT2D eigenvalue weighted by Crippen LogP contribution is -1.91. The smallest absolute Gasteiger partial charge is 0.234 e. The average Bonchev–Trinajstić information content (AvgIpc) is 3.06. The van der Waals surface area contributed by atoms with Crippen LogP contribution in [0.1, 0.15) is 0 Å². The summed E-state index contributed by atoms with van der Waals surface area (Å²) in [5.74, 6) is 1.53. The molecule has 2 aromatic carbocycles. The molecule has 0 fully saturated rings. The molecule has 0 aliphatic heterocycles. The highest BCUT2D eigenvalue weighted by Crippen LogP contribution is 2.24. The maximum absolute atomic E-state index is 5.24. The van der Waals surface area contributed by atoms with Gasteiger partial charge >= 0.3 is 0 Å². The molecule has 0 saturated heterocycles. The molecular weight excluding hydrogens is 300 g/mol. The summed E-state index contributed by atoms with van der Waals surface area (Å²) in [7, 11) is 1.66. The van der Waals surface area contributed by atoms with Gasteiger partial charge in [-0.25, -0.2) is 9.97 Å². The third-order valence-electron chi connectivity index (χ3n) is 3.77. The molecule has 0 saturated carbocycles. The van der Waals surface area contributed by atoms with Crippen molar-refractivity contribution in [1.29, 1.82) is 0 Å². The predicted molar refractivity (Wildman–Crippen MR) is 94.7 cm³/mol. The van der Waals surface area contributed by atoms with E-state index in [0.717, 1.165) is 28.4 Å². The highest BCUT2D eigenvalue weighted by Gasteiger charge is 2.05. The minimum atomic E-state index is 0.700. The van der Waals surface area contributed by atoms with Crippen LogP contribution in [0.2, 0.25) is 0 Å². The minimum absolute atomic E-state index is 0.700. The molecule has 0 atom stereocenters. The molecule has 0 spiro atoms. The van der Waals surface area contributed by atoms with E-state index in [0.29, 0.717) is 5.78 Å². The number of hydrogen-bond donors (Lipinski definition) is 1. The van der Waals surface area contributed by atoms with Gasteiger partial charge in [0, 0.05) is 41.6 Å². The molecule has 4 rings (SSSR count). The quantitative estimate of drug-likeness (QED) is 0.614. The lowest BCUT2D eigenvalue weighted by molar-refractivity contribution is 0.415. The van der Waals surface area contributed by atoms with Crippen LogP contribution in [0.5, 0.6) is 5.75 Å². The fourth-order valence-corrected chi connectivity index (χ4v) is 2.56. The highest BCUT2D eigenvalue weighted by atomic mass is 16.5. The van der Waals surface area contributed by atoms with Gasteiger partial charge in [-0.15, -0.1) is 0 Å². The van der Waals surface area contributed by atoms with Crippen molar-refractivity contribution in [3.63, 3.8) is 0 Å². The van der Waals surface area contributed by atoms with Crippen molar-refractivity contribution >= 4 is 17.2 Å². The first-order valence-electron chi connectivity index (χ1n) is 7.63. The lowest BCUT2D eigenvalue weighted by atomic mass is 10.1. The molecule has 1 N–H and O–H groups in total. The molecule has 0 radical (unpaired) electrons. The monoisotopic (exact) mass is 316 g/mol. The van der Waals surface area contributed by atoms with Crippen LogP contribution in [-0.4, -0.2) is 21.5 Å². The molecule has 0 aliphatic rings. The summed E-state index contributed by atoms with van der Waals surface area (Å²) in [4.78, 5) is 8.78. The molecule has 5 nitrogen and oxygen atoms in total. The Balaban J connectivity index is 1.57. The maximum atomic E-state index is 5.24. The third kappa shape index (κ3) is 2.79. The molecule has 5 heteroatoms. The molecule has 2 heterocycles. The van der Waals surface area contributed by atoms with Gasteiger partial charge in [-0.3, -0.25) is 4.40 Å². The van der Waals surface area contributed by atoms with Gasteiger partial charge in [0.2, 0.25) is 5.78 Å². The molecule has 4 aromatic rings. The van der Waals surface area contributed by atoms with E-state index in [1.54, 1.807) is 13.3 Å². The number of nitrogens with one attached hydrogen (secondary N) is 1. The first kappa shape index (κ1) is 14.3. The Kier molecular flexibility index (Phi) is 3.59. The van der Waals surface area contributed by atoms with Gasteiger partial charge in [-0.1, -0.05) is 18.2 Å². The van der Waals surface area contributed by atoms with Crippen molar-refractivity contribution in [2.75, 3.05) is 12.4 Å². The van der Waals surface area contributed by atoms with Crippen LogP contribution in [0.4, 0.5) is 11.4 Å². The van der Waals surface area contributed by atoms with Crippen molar-refractivity contribution < 1.29 is 4.74 Å².